The summed E-state index contributed by atoms with van der Waals surface area (Å²) in [5.41, 5.74) is 3.57. The molecule has 35 heavy (non-hydrogen) atoms. The van der Waals surface area contributed by atoms with Crippen LogP contribution >= 0.6 is 0 Å². The molecule has 0 heterocycles. The Kier molecular flexibility index (Phi) is 6.97. The summed E-state index contributed by atoms with van der Waals surface area (Å²) in [5, 5.41) is 0.138. The summed E-state index contributed by atoms with van der Waals surface area (Å²) in [6, 6.07) is 0. The Balaban J connectivity index is 1.72. The topological polar surface area (TPSA) is 38.8 Å². The Morgan fingerprint density at radius 1 is 1.11 bits per heavy atom. The highest BCUT2D eigenvalue weighted by Gasteiger charge is 2.59. The molecular formula is C30H51NO3Si. The minimum atomic E-state index is -2.02. The van der Waals surface area contributed by atoms with E-state index in [4.69, 9.17) is 9.16 Å². The van der Waals surface area contributed by atoms with Gasteiger partial charge in [-0.15, -0.1) is 0 Å². The normalized spacial score (nSPS) is 39.1. The van der Waals surface area contributed by atoms with E-state index in [2.05, 4.69) is 66.8 Å². The molecule has 0 spiro atoms. The third kappa shape index (κ3) is 4.37. The maximum absolute atomic E-state index is 12.5. The van der Waals surface area contributed by atoms with Crippen molar-refractivity contribution in [1.29, 1.82) is 0 Å². The van der Waals surface area contributed by atoms with Gasteiger partial charge in [0, 0.05) is 32.4 Å². The minimum absolute atomic E-state index is 0.0216. The molecule has 0 radical (unpaired) electrons. The molecule has 0 N–H and O–H groups in total. The van der Waals surface area contributed by atoms with Crippen molar-refractivity contribution in [3.05, 3.63) is 23.3 Å². The van der Waals surface area contributed by atoms with E-state index >= 15 is 0 Å². The monoisotopic (exact) mass is 501 g/mol. The van der Waals surface area contributed by atoms with Gasteiger partial charge in [-0.05, 0) is 67.0 Å². The van der Waals surface area contributed by atoms with Crippen molar-refractivity contribution in [2.24, 2.45) is 28.6 Å². The van der Waals surface area contributed by atoms with Gasteiger partial charge in [-0.1, -0.05) is 71.3 Å². The predicted molar refractivity (Wildman–Crippen MR) is 147 cm³/mol. The number of nitrogens with zero attached hydrogens (tertiary/aromatic N) is 1. The zero-order chi connectivity index (χ0) is 26.0. The van der Waals surface area contributed by atoms with Gasteiger partial charge in [-0.25, -0.2) is 4.79 Å². The van der Waals surface area contributed by atoms with Crippen molar-refractivity contribution >= 4 is 14.4 Å². The largest absolute Gasteiger partial charge is 0.446 e. The molecule has 4 rings (SSSR count). The molecule has 0 aromatic carbocycles. The van der Waals surface area contributed by atoms with E-state index in [0.717, 1.165) is 18.8 Å². The van der Waals surface area contributed by atoms with Crippen LogP contribution in [0.4, 0.5) is 4.79 Å². The lowest BCUT2D eigenvalue weighted by atomic mass is 9.49. The van der Waals surface area contributed by atoms with Crippen LogP contribution in [-0.2, 0) is 9.16 Å². The van der Waals surface area contributed by atoms with Crippen LogP contribution in [-0.4, -0.2) is 45.6 Å². The number of allylic oxidation sites excluding steroid dienone is 3. The van der Waals surface area contributed by atoms with Gasteiger partial charge in [0.25, 0.3) is 0 Å². The van der Waals surface area contributed by atoms with Crippen LogP contribution in [0.25, 0.3) is 0 Å². The number of fused-ring (bicyclic) bond motifs is 5. The molecule has 4 nitrogen and oxygen atoms in total. The number of ether oxygens (including phenoxy) is 1. The van der Waals surface area contributed by atoms with Crippen molar-refractivity contribution in [3.8, 4) is 0 Å². The third-order valence-electron chi connectivity index (χ3n) is 11.2. The summed E-state index contributed by atoms with van der Waals surface area (Å²) in [7, 11) is 1.50. The second-order valence-electron chi connectivity index (χ2n) is 14.2. The van der Waals surface area contributed by atoms with Gasteiger partial charge >= 0.3 is 6.09 Å². The molecule has 0 aromatic heterocycles. The Morgan fingerprint density at radius 2 is 1.80 bits per heavy atom. The van der Waals surface area contributed by atoms with Crippen molar-refractivity contribution in [1.82, 2.24) is 4.90 Å². The molecule has 0 saturated heterocycles. The Morgan fingerprint density at radius 3 is 2.40 bits per heavy atom. The average molecular weight is 502 g/mol. The lowest BCUT2D eigenvalue weighted by molar-refractivity contribution is -0.0520. The third-order valence-corrected chi connectivity index (χ3v) is 15.6. The van der Waals surface area contributed by atoms with Gasteiger partial charge in [0.05, 0.1) is 6.10 Å². The molecule has 0 bridgehead atoms. The lowest BCUT2D eigenvalue weighted by Crippen LogP contribution is -2.57. The number of rotatable bonds is 4. The quantitative estimate of drug-likeness (QED) is 0.367. The summed E-state index contributed by atoms with van der Waals surface area (Å²) >= 11 is 0. The number of carbonyl (C=O) groups is 1. The van der Waals surface area contributed by atoms with E-state index in [1.165, 1.54) is 42.6 Å². The van der Waals surface area contributed by atoms with Gasteiger partial charge in [-0.3, -0.25) is 0 Å². The van der Waals surface area contributed by atoms with E-state index in [1.54, 1.807) is 19.7 Å². The molecule has 3 saturated carbocycles. The van der Waals surface area contributed by atoms with Crippen LogP contribution in [0.5, 0.6) is 0 Å². The maximum atomic E-state index is 12.5. The lowest BCUT2D eigenvalue weighted by Gasteiger charge is -2.58. The van der Waals surface area contributed by atoms with Crippen LogP contribution in [0.15, 0.2) is 23.3 Å². The van der Waals surface area contributed by atoms with Crippen LogP contribution in [0.1, 0.15) is 86.5 Å². The van der Waals surface area contributed by atoms with Gasteiger partial charge < -0.3 is 14.1 Å². The van der Waals surface area contributed by atoms with E-state index < -0.39 is 8.32 Å². The SMILES string of the molecule is CC[C@H]1CC[C@H]2C3=CC=C4C[C@@H](OC(=O)N(C)C)C[C@H](O[Si](C)(C)C(C)(C)C)[C@]4(C)[C@H]3CC[C@]12C. The van der Waals surface area contributed by atoms with Crippen molar-refractivity contribution in [3.63, 3.8) is 0 Å². The summed E-state index contributed by atoms with van der Waals surface area (Å²) in [4.78, 5) is 14.0. The van der Waals surface area contributed by atoms with Gasteiger partial charge in [0.2, 0.25) is 0 Å². The molecule has 0 aliphatic heterocycles. The van der Waals surface area contributed by atoms with Gasteiger partial charge in [0.15, 0.2) is 8.32 Å². The summed E-state index contributed by atoms with van der Waals surface area (Å²) in [6.07, 6.45) is 12.8. The minimum Gasteiger partial charge on any atom is -0.446 e. The van der Waals surface area contributed by atoms with Crippen LogP contribution in [0.3, 0.4) is 0 Å². The summed E-state index contributed by atoms with van der Waals surface area (Å²) in [6.45, 7) is 19.2. The van der Waals surface area contributed by atoms with Crippen molar-refractivity contribution < 1.29 is 14.0 Å². The van der Waals surface area contributed by atoms with Crippen LogP contribution in [0.2, 0.25) is 18.1 Å². The summed E-state index contributed by atoms with van der Waals surface area (Å²) in [5.74, 6) is 2.10. The zero-order valence-electron chi connectivity index (χ0n) is 24.2. The second-order valence-corrected chi connectivity index (χ2v) is 18.9. The fourth-order valence-corrected chi connectivity index (χ4v) is 9.23. The van der Waals surface area contributed by atoms with E-state index in [0.29, 0.717) is 17.3 Å². The molecule has 0 unspecified atom stereocenters. The highest BCUT2D eigenvalue weighted by Crippen LogP contribution is 2.66. The van der Waals surface area contributed by atoms with Crippen molar-refractivity contribution in [2.45, 2.75) is 117 Å². The summed E-state index contributed by atoms with van der Waals surface area (Å²) < 4.78 is 13.3. The zero-order valence-corrected chi connectivity index (χ0v) is 25.2. The first-order chi connectivity index (χ1) is 16.1. The molecular weight excluding hydrogens is 450 g/mol. The highest BCUT2D eigenvalue weighted by molar-refractivity contribution is 6.74. The molecule has 7 atom stereocenters. The molecule has 4 aliphatic rings. The van der Waals surface area contributed by atoms with Crippen molar-refractivity contribution in [2.75, 3.05) is 14.1 Å². The fraction of sp³-hybridized carbons (Fsp3) is 0.833. The van der Waals surface area contributed by atoms with Crippen LogP contribution < -0.4 is 0 Å². The molecule has 0 aromatic rings. The van der Waals surface area contributed by atoms with E-state index in [9.17, 15) is 4.79 Å². The van der Waals surface area contributed by atoms with E-state index in [-0.39, 0.29) is 28.8 Å². The molecule has 1 amide bonds. The Labute approximate surface area is 216 Å². The van der Waals surface area contributed by atoms with E-state index in [1.807, 2.05) is 0 Å². The maximum Gasteiger partial charge on any atom is 0.409 e. The van der Waals surface area contributed by atoms with Gasteiger partial charge in [-0.2, -0.15) is 0 Å². The fourth-order valence-electron chi connectivity index (χ4n) is 7.82. The number of hydrogen-bond acceptors (Lipinski definition) is 3. The van der Waals surface area contributed by atoms with Gasteiger partial charge in [0.1, 0.15) is 6.10 Å². The number of hydrogen-bond donors (Lipinski definition) is 0. The number of amides is 1. The molecule has 5 heteroatoms. The second kappa shape index (κ2) is 9.04. The smallest absolute Gasteiger partial charge is 0.409 e. The Hall–Kier alpha value is -1.07. The standard InChI is InChI=1S/C30H51NO3Si/c1-11-20-13-15-24-23-14-12-21-18-22(33-27(32)31(7)8)19-26(34-35(9,10)28(2,3)4)30(21,6)25(23)16-17-29(20,24)5/h12,14,20,22,24-26H,11,13,15-19H2,1-10H3/t20-,22+,24-,25-,26-,29+,30-/m0/s1. The first-order valence-electron chi connectivity index (χ1n) is 14.1. The highest BCUT2D eigenvalue weighted by atomic mass is 28.4. The molecule has 198 valence electrons. The van der Waals surface area contributed by atoms with Crippen LogP contribution in [0, 0.1) is 28.6 Å². The average Bonchev–Trinajstić information content (AvgIpc) is 3.09. The predicted octanol–water partition coefficient (Wildman–Crippen LogP) is 7.96. The number of carbonyl (C=O) groups excluding carboxylic acids is 1. The Bertz CT molecular complexity index is 900. The first kappa shape index (κ1) is 27.0. The first-order valence-corrected chi connectivity index (χ1v) is 17.0. The molecule has 3 fully saturated rings. The molecule has 4 aliphatic carbocycles.